The number of halogens is 3. The van der Waals surface area contributed by atoms with Gasteiger partial charge in [-0.25, -0.2) is 18.6 Å². The van der Waals surface area contributed by atoms with Crippen molar-refractivity contribution >= 4 is 51.9 Å². The first-order valence-electron chi connectivity index (χ1n) is 14.9. The average Bonchev–Trinajstić information content (AvgIpc) is 3.38. The van der Waals surface area contributed by atoms with E-state index in [1.165, 1.54) is 29.8 Å². The quantitative estimate of drug-likeness (QED) is 0.263. The third kappa shape index (κ3) is 5.62. The molecule has 2 aliphatic rings. The summed E-state index contributed by atoms with van der Waals surface area (Å²) < 4.78 is 34.2. The number of nitrogens with zero attached hydrogens (tertiary/aromatic N) is 6. The lowest BCUT2D eigenvalue weighted by Crippen LogP contribution is -2.56. The molecule has 2 atom stereocenters. The molecule has 2 unspecified atom stereocenters. The van der Waals surface area contributed by atoms with Crippen molar-refractivity contribution in [1.82, 2.24) is 24.0 Å². The summed E-state index contributed by atoms with van der Waals surface area (Å²) >= 11 is 6.46. The highest BCUT2D eigenvalue weighted by Gasteiger charge is 2.52. The van der Waals surface area contributed by atoms with Gasteiger partial charge in [-0.05, 0) is 50.6 Å². The number of carbonyl (C=O) groups is 2. The van der Waals surface area contributed by atoms with Gasteiger partial charge in [0.05, 0.1) is 39.9 Å². The molecule has 0 spiro atoms. The van der Waals surface area contributed by atoms with Gasteiger partial charge in [-0.15, -0.1) is 0 Å². The first-order valence-corrected chi connectivity index (χ1v) is 15.3. The van der Waals surface area contributed by atoms with Gasteiger partial charge in [0, 0.05) is 44.8 Å². The number of hydrogen-bond acceptors (Lipinski definition) is 8. The summed E-state index contributed by atoms with van der Waals surface area (Å²) in [5.41, 5.74) is 1.16. The molecule has 4 aromatic rings. The lowest BCUT2D eigenvalue weighted by molar-refractivity contribution is -0.114. The number of amides is 2. The zero-order valence-electron chi connectivity index (χ0n) is 25.8. The summed E-state index contributed by atoms with van der Waals surface area (Å²) in [4.78, 5) is 50.2. The molecule has 0 radical (unpaired) electrons. The first-order chi connectivity index (χ1) is 21.7. The third-order valence-electron chi connectivity index (χ3n) is 8.79. The van der Waals surface area contributed by atoms with Crippen LogP contribution in [0.2, 0.25) is 5.02 Å². The number of anilines is 3. The number of aryl methyl sites for hydroxylation is 2. The standard InChI is InChI=1S/C32H34ClF2N7O4/c1-18-15-40(16-19(32(18,34)35)17-42-27(43)21-7-5-6-8-22(21)28(42)44)29-36-14-23(33)26(38-29)37-20-9-10-24-25(13-20)41(30(45)39(24)4)12-11-31(2,3)46/h5-10,13-14,18-19,46H,11-12,15-17H2,1-4H3,(H,36,37,38). The van der Waals surface area contributed by atoms with Crippen LogP contribution in [0.15, 0.2) is 53.5 Å². The van der Waals surface area contributed by atoms with E-state index in [-0.39, 0.29) is 46.7 Å². The number of hydrogen-bond donors (Lipinski definition) is 2. The molecule has 0 saturated carbocycles. The van der Waals surface area contributed by atoms with E-state index >= 15 is 8.78 Å². The van der Waals surface area contributed by atoms with Gasteiger partial charge in [0.2, 0.25) is 5.95 Å². The molecular formula is C32H34ClF2N7O4. The molecule has 2 aromatic heterocycles. The van der Waals surface area contributed by atoms with Gasteiger partial charge in [-0.2, -0.15) is 4.98 Å². The van der Waals surface area contributed by atoms with E-state index in [1.807, 2.05) is 0 Å². The van der Waals surface area contributed by atoms with Crippen molar-refractivity contribution in [2.45, 2.75) is 45.3 Å². The van der Waals surface area contributed by atoms with Crippen LogP contribution in [0.3, 0.4) is 0 Å². The van der Waals surface area contributed by atoms with Crippen LogP contribution in [-0.4, -0.2) is 72.1 Å². The molecule has 11 nitrogen and oxygen atoms in total. The third-order valence-corrected chi connectivity index (χ3v) is 9.06. The summed E-state index contributed by atoms with van der Waals surface area (Å²) in [5.74, 6) is -6.44. The van der Waals surface area contributed by atoms with Crippen molar-refractivity contribution in [2.75, 3.05) is 29.9 Å². The molecule has 2 aliphatic heterocycles. The second-order valence-corrected chi connectivity index (χ2v) is 13.1. The van der Waals surface area contributed by atoms with Crippen molar-refractivity contribution in [3.63, 3.8) is 0 Å². The lowest BCUT2D eigenvalue weighted by atomic mass is 9.85. The van der Waals surface area contributed by atoms with Crippen LogP contribution in [0.5, 0.6) is 0 Å². The van der Waals surface area contributed by atoms with Crippen LogP contribution in [0.25, 0.3) is 11.0 Å². The summed E-state index contributed by atoms with van der Waals surface area (Å²) in [6.07, 6.45) is 1.75. The van der Waals surface area contributed by atoms with E-state index in [0.29, 0.717) is 29.7 Å². The maximum atomic E-state index is 15.5. The van der Waals surface area contributed by atoms with E-state index in [0.717, 1.165) is 4.90 Å². The predicted molar refractivity (Wildman–Crippen MR) is 170 cm³/mol. The Balaban J connectivity index is 1.25. The van der Waals surface area contributed by atoms with Crippen LogP contribution in [0.1, 0.15) is 47.9 Å². The number of imidazole rings is 1. The van der Waals surface area contributed by atoms with E-state index in [4.69, 9.17) is 11.6 Å². The fourth-order valence-electron chi connectivity index (χ4n) is 6.11. The molecule has 6 rings (SSSR count). The van der Waals surface area contributed by atoms with E-state index < -0.39 is 41.7 Å². The molecule has 242 valence electrons. The normalized spacial score (nSPS) is 19.7. The van der Waals surface area contributed by atoms with E-state index in [1.54, 1.807) is 60.7 Å². The van der Waals surface area contributed by atoms with Crippen molar-refractivity contribution in [1.29, 1.82) is 0 Å². The number of fused-ring (bicyclic) bond motifs is 2. The SMILES string of the molecule is CC1CN(c2ncc(Cl)c(Nc3ccc4c(c3)n(CCC(C)(C)O)c(=O)n4C)n2)CC(CN2C(=O)c3ccccc3C2=O)C1(F)F. The highest BCUT2D eigenvalue weighted by molar-refractivity contribution is 6.33. The maximum absolute atomic E-state index is 15.5. The van der Waals surface area contributed by atoms with Crippen LogP contribution in [-0.2, 0) is 13.6 Å². The second kappa shape index (κ2) is 11.5. The Morgan fingerprint density at radius 3 is 2.39 bits per heavy atom. The Bertz CT molecular complexity index is 1880. The molecule has 4 heterocycles. The van der Waals surface area contributed by atoms with Gasteiger partial charge in [0.15, 0.2) is 5.82 Å². The Morgan fingerprint density at radius 1 is 1.07 bits per heavy atom. The molecule has 1 fully saturated rings. The zero-order valence-corrected chi connectivity index (χ0v) is 26.6. The number of nitrogens with one attached hydrogen (secondary N) is 1. The van der Waals surface area contributed by atoms with Crippen LogP contribution in [0.4, 0.5) is 26.2 Å². The second-order valence-electron chi connectivity index (χ2n) is 12.7. The number of piperidine rings is 1. The van der Waals surface area contributed by atoms with Crippen LogP contribution in [0, 0.1) is 11.8 Å². The van der Waals surface area contributed by atoms with Gasteiger partial charge >= 0.3 is 5.69 Å². The molecule has 0 aliphatic carbocycles. The molecule has 2 aromatic carbocycles. The van der Waals surface area contributed by atoms with E-state index in [9.17, 15) is 19.5 Å². The smallest absolute Gasteiger partial charge is 0.328 e. The molecular weight excluding hydrogens is 620 g/mol. The van der Waals surface area contributed by atoms with Gasteiger partial charge < -0.3 is 15.3 Å². The van der Waals surface area contributed by atoms with Crippen LogP contribution >= 0.6 is 11.6 Å². The summed E-state index contributed by atoms with van der Waals surface area (Å²) in [5, 5.41) is 13.6. The molecule has 2 N–H and O–H groups in total. The topological polar surface area (TPSA) is 126 Å². The Kier molecular flexibility index (Phi) is 7.88. The first kappa shape index (κ1) is 31.6. The molecule has 46 heavy (non-hydrogen) atoms. The number of rotatable bonds is 8. The van der Waals surface area contributed by atoms with Crippen molar-refractivity contribution in [2.24, 2.45) is 18.9 Å². The monoisotopic (exact) mass is 653 g/mol. The van der Waals surface area contributed by atoms with Crippen molar-refractivity contribution < 1.29 is 23.5 Å². The molecule has 1 saturated heterocycles. The fourth-order valence-corrected chi connectivity index (χ4v) is 6.25. The lowest BCUT2D eigenvalue weighted by Gasteiger charge is -2.43. The van der Waals surface area contributed by atoms with Gasteiger partial charge in [-0.3, -0.25) is 23.6 Å². The predicted octanol–water partition coefficient (Wildman–Crippen LogP) is 4.69. The minimum Gasteiger partial charge on any atom is -0.390 e. The van der Waals surface area contributed by atoms with Gasteiger partial charge in [0.25, 0.3) is 17.7 Å². The molecule has 0 bridgehead atoms. The highest BCUT2D eigenvalue weighted by atomic mass is 35.5. The zero-order chi connectivity index (χ0) is 33.1. The Hall–Kier alpha value is -4.36. The van der Waals surface area contributed by atoms with Gasteiger partial charge in [-0.1, -0.05) is 30.7 Å². The highest BCUT2D eigenvalue weighted by Crippen LogP contribution is 2.40. The maximum Gasteiger partial charge on any atom is 0.328 e. The largest absolute Gasteiger partial charge is 0.390 e. The van der Waals surface area contributed by atoms with Crippen molar-refractivity contribution in [3.05, 3.63) is 75.3 Å². The van der Waals surface area contributed by atoms with Gasteiger partial charge in [0.1, 0.15) is 5.02 Å². The number of alkyl halides is 2. The number of aliphatic hydroxyl groups is 1. The van der Waals surface area contributed by atoms with Crippen molar-refractivity contribution in [3.8, 4) is 0 Å². The summed E-state index contributed by atoms with van der Waals surface area (Å²) in [7, 11) is 1.68. The molecule has 2 amide bonds. The average molecular weight is 654 g/mol. The van der Waals surface area contributed by atoms with Crippen LogP contribution < -0.4 is 15.9 Å². The summed E-state index contributed by atoms with van der Waals surface area (Å²) in [6, 6.07) is 11.6. The number of carbonyl (C=O) groups excluding carboxylic acids is 2. The van der Waals surface area contributed by atoms with E-state index in [2.05, 4.69) is 15.3 Å². The Labute approximate surface area is 268 Å². The fraction of sp³-hybridized carbons (Fsp3) is 0.406. The minimum atomic E-state index is -3.16. The summed E-state index contributed by atoms with van der Waals surface area (Å²) in [6.45, 7) is 4.38. The Morgan fingerprint density at radius 2 is 1.74 bits per heavy atom. The minimum absolute atomic E-state index is 0.0594. The number of aromatic nitrogens is 4. The molecule has 14 heteroatoms. The number of benzene rings is 2. The number of imide groups is 1.